The Morgan fingerprint density at radius 1 is 0.388 bits per heavy atom. The van der Waals surface area contributed by atoms with Gasteiger partial charge in [-0.05, 0) is 95.7 Å². The molecule has 1 heteroatoms. The smallest absolute Gasteiger partial charge is 0.143 e. The quantitative estimate of drug-likeness (QED) is 0.174. The Morgan fingerprint density at radius 2 is 0.918 bits per heavy atom. The number of benzene rings is 9. The van der Waals surface area contributed by atoms with Gasteiger partial charge in [0, 0.05) is 16.2 Å². The molecule has 0 unspecified atom stereocenters. The van der Waals surface area contributed by atoms with E-state index < -0.39 is 166 Å². The lowest BCUT2D eigenvalue weighted by molar-refractivity contribution is 0.673. The second-order valence-corrected chi connectivity index (χ2v) is 11.2. The maximum Gasteiger partial charge on any atom is 0.143 e. The molecule has 1 heterocycles. The predicted molar refractivity (Wildman–Crippen MR) is 208 cm³/mol. The molecule has 0 N–H and O–H groups in total. The van der Waals surface area contributed by atoms with Crippen LogP contribution in [0.1, 0.15) is 30.2 Å². The molecule has 0 fully saturated rings. The van der Waals surface area contributed by atoms with Crippen LogP contribution in [0.2, 0.25) is 0 Å². The molecule has 0 amide bonds. The molecule has 0 aliphatic heterocycles. The van der Waals surface area contributed by atoms with Crippen LogP contribution in [-0.2, 0) is 0 Å². The van der Waals surface area contributed by atoms with Gasteiger partial charge in [-0.3, -0.25) is 0 Å². The summed E-state index contributed by atoms with van der Waals surface area (Å²) in [5, 5.41) is 0.330. The average molecular weight is 645 g/mol. The summed E-state index contributed by atoms with van der Waals surface area (Å²) in [5.74, 6) is 0. The third kappa shape index (κ3) is 4.40. The monoisotopic (exact) mass is 644 g/mol. The average Bonchev–Trinajstić information content (AvgIpc) is 3.75. The normalized spacial score (nSPS) is 18.0. The van der Waals surface area contributed by atoms with E-state index in [0.717, 1.165) is 0 Å². The van der Waals surface area contributed by atoms with Crippen molar-refractivity contribution >= 4 is 54.3 Å². The molecule has 0 radical (unpaired) electrons. The van der Waals surface area contributed by atoms with Crippen LogP contribution in [0.5, 0.6) is 0 Å². The van der Waals surface area contributed by atoms with E-state index in [1.807, 2.05) is 0 Å². The van der Waals surface area contributed by atoms with Crippen molar-refractivity contribution in [3.05, 3.63) is 181 Å². The van der Waals surface area contributed by atoms with Crippen molar-refractivity contribution in [2.45, 2.75) is 0 Å². The number of furan rings is 1. The van der Waals surface area contributed by atoms with Gasteiger partial charge < -0.3 is 4.42 Å². The third-order valence-corrected chi connectivity index (χ3v) is 8.54. The van der Waals surface area contributed by atoms with E-state index in [9.17, 15) is 11.0 Å². The first-order valence-electron chi connectivity index (χ1n) is 26.1. The largest absolute Gasteiger partial charge is 0.455 e. The molecule has 0 spiro atoms. The minimum atomic E-state index is -0.910. The second kappa shape index (κ2) is 11.1. The molecule has 49 heavy (non-hydrogen) atoms. The molecular formula is C48H30O. The van der Waals surface area contributed by atoms with E-state index in [4.69, 9.17) is 23.6 Å². The fraction of sp³-hybridized carbons (Fsp3) is 0. The summed E-state index contributed by atoms with van der Waals surface area (Å²) < 4.78 is 200. The molecule has 0 aliphatic carbocycles. The topological polar surface area (TPSA) is 13.1 Å². The van der Waals surface area contributed by atoms with Crippen LogP contribution >= 0.6 is 0 Å². The Hall–Kier alpha value is -6.44. The highest BCUT2D eigenvalue weighted by molar-refractivity contribution is 6.27. The Balaban J connectivity index is 1.35. The number of hydrogen-bond donors (Lipinski definition) is 0. The first kappa shape index (κ1) is 13.6. The predicted octanol–water partition coefficient (Wildman–Crippen LogP) is 13.7. The first-order chi connectivity index (χ1) is 33.5. The van der Waals surface area contributed by atoms with Gasteiger partial charge in [0.05, 0.1) is 30.2 Å². The fourth-order valence-corrected chi connectivity index (χ4v) is 6.45. The van der Waals surface area contributed by atoms with Crippen LogP contribution in [0.3, 0.4) is 0 Å². The minimum absolute atomic E-state index is 0.0147. The SMILES string of the molecule is [2H]c1c([2H])c([2H])c(-c2ccc3c(ccc4c3oc3cccc(-c5c6c([2H])c([2H])c([2H])c([2H])c6c(-c6c([2H])c([2H])c(-c7c([2H])c([2H])c([2H])c([2H])c7[2H])c([2H])c6[2H])c6c([2H])c([2H])c([2H])c([2H])c56)c34)c2)c([2H])c1[2H]. The van der Waals surface area contributed by atoms with Crippen LogP contribution in [0.15, 0.2) is 186 Å². The summed E-state index contributed by atoms with van der Waals surface area (Å²) in [6.07, 6.45) is 0. The Kier molecular flexibility index (Phi) is 3.07. The molecule has 9 aromatic carbocycles. The summed E-state index contributed by atoms with van der Waals surface area (Å²) in [6.45, 7) is 0. The zero-order valence-electron chi connectivity index (χ0n) is 47.0. The Bertz CT molecular complexity index is 3970. The van der Waals surface area contributed by atoms with Gasteiger partial charge >= 0.3 is 0 Å². The summed E-state index contributed by atoms with van der Waals surface area (Å²) in [5.41, 5.74) is -1.58. The van der Waals surface area contributed by atoms with Gasteiger partial charge in [-0.15, -0.1) is 0 Å². The molecule has 228 valence electrons. The van der Waals surface area contributed by atoms with E-state index in [0.29, 0.717) is 32.7 Å². The van der Waals surface area contributed by atoms with E-state index in [1.54, 1.807) is 48.5 Å². The van der Waals surface area contributed by atoms with Gasteiger partial charge in [-0.2, -0.15) is 0 Å². The van der Waals surface area contributed by atoms with Crippen LogP contribution in [0.25, 0.3) is 98.8 Å². The second-order valence-electron chi connectivity index (χ2n) is 11.2. The maximum absolute atomic E-state index is 9.49. The number of rotatable bonds is 4. The standard InChI is InChI=1S/C48H30O/c1-3-12-31(13-4-1)33-22-24-34(25-23-33)45-38-16-7-9-18-40(38)46(41-19-10-8-17-39(41)45)42-20-11-21-44-47(42)43-29-27-36-30-35(32-14-5-2-6-15-32)26-28-37(36)48(43)49-44/h1-30H/i1D,2D,3D,4D,5D,6D,7D,8D,9D,10D,12D,13D,14D,15D,16D,17D,18D,19D,22D,23D,24D,25D. The molecule has 1 aromatic heterocycles. The van der Waals surface area contributed by atoms with E-state index in [1.165, 1.54) is 0 Å². The van der Waals surface area contributed by atoms with Crippen molar-refractivity contribution in [1.29, 1.82) is 0 Å². The minimum Gasteiger partial charge on any atom is -0.455 e. The highest BCUT2D eigenvalue weighted by Gasteiger charge is 2.21. The molecule has 1 nitrogen and oxygen atoms in total. The molecule has 0 atom stereocenters. The van der Waals surface area contributed by atoms with Crippen molar-refractivity contribution in [3.8, 4) is 44.5 Å². The third-order valence-electron chi connectivity index (χ3n) is 8.54. The zero-order valence-corrected chi connectivity index (χ0v) is 25.0. The summed E-state index contributed by atoms with van der Waals surface area (Å²) in [7, 11) is 0. The fourth-order valence-electron chi connectivity index (χ4n) is 6.45. The van der Waals surface area contributed by atoms with Gasteiger partial charge in [0.15, 0.2) is 0 Å². The summed E-state index contributed by atoms with van der Waals surface area (Å²) in [6, 6.07) is -2.97. The van der Waals surface area contributed by atoms with Gasteiger partial charge in [-0.1, -0.05) is 157 Å². The molecule has 10 rings (SSSR count). The van der Waals surface area contributed by atoms with Gasteiger partial charge in [0.2, 0.25) is 0 Å². The highest BCUT2D eigenvalue weighted by Crippen LogP contribution is 2.47. The molecule has 0 bridgehead atoms. The van der Waals surface area contributed by atoms with Crippen molar-refractivity contribution in [3.63, 3.8) is 0 Å². The molecule has 0 saturated heterocycles. The lowest BCUT2D eigenvalue weighted by Gasteiger charge is -2.18. The number of hydrogen-bond acceptors (Lipinski definition) is 1. The molecular weight excluding hydrogens is 593 g/mol. The lowest BCUT2D eigenvalue weighted by atomic mass is 9.84. The van der Waals surface area contributed by atoms with Crippen molar-refractivity contribution in [2.24, 2.45) is 0 Å². The van der Waals surface area contributed by atoms with Crippen LogP contribution in [0, 0.1) is 0 Å². The van der Waals surface area contributed by atoms with Crippen LogP contribution in [0.4, 0.5) is 0 Å². The van der Waals surface area contributed by atoms with E-state index in [2.05, 4.69) is 0 Å². The summed E-state index contributed by atoms with van der Waals surface area (Å²) in [4.78, 5) is 0. The zero-order chi connectivity index (χ0) is 51.5. The van der Waals surface area contributed by atoms with Crippen LogP contribution in [-0.4, -0.2) is 0 Å². The maximum atomic E-state index is 9.49. The van der Waals surface area contributed by atoms with Crippen molar-refractivity contribution in [1.82, 2.24) is 0 Å². The van der Waals surface area contributed by atoms with Gasteiger partial charge in [0.25, 0.3) is 0 Å². The van der Waals surface area contributed by atoms with E-state index >= 15 is 0 Å². The van der Waals surface area contributed by atoms with Gasteiger partial charge in [0.1, 0.15) is 11.2 Å². The Morgan fingerprint density at radius 3 is 1.57 bits per heavy atom. The molecule has 0 saturated carbocycles. The number of fused-ring (bicyclic) bond motifs is 7. The molecule has 10 aromatic rings. The van der Waals surface area contributed by atoms with Crippen molar-refractivity contribution in [2.75, 3.05) is 0 Å². The van der Waals surface area contributed by atoms with Crippen molar-refractivity contribution < 1.29 is 34.6 Å². The summed E-state index contributed by atoms with van der Waals surface area (Å²) >= 11 is 0. The highest BCUT2D eigenvalue weighted by atomic mass is 16.3. The van der Waals surface area contributed by atoms with E-state index in [-0.39, 0.29) is 33.0 Å². The first-order valence-corrected chi connectivity index (χ1v) is 15.1. The molecule has 0 aliphatic rings. The van der Waals surface area contributed by atoms with Gasteiger partial charge in [-0.25, -0.2) is 0 Å². The lowest BCUT2D eigenvalue weighted by Crippen LogP contribution is -1.91. The van der Waals surface area contributed by atoms with Crippen LogP contribution < -0.4 is 0 Å². The Labute approximate surface area is 315 Å².